The summed E-state index contributed by atoms with van der Waals surface area (Å²) >= 11 is 0. The Kier molecular flexibility index (Phi) is 3.85. The molecule has 1 nitrogen and oxygen atoms in total. The molecule has 0 bridgehead atoms. The van der Waals surface area contributed by atoms with Crippen molar-refractivity contribution in [3.8, 4) is 0 Å². The van der Waals surface area contributed by atoms with Crippen molar-refractivity contribution in [3.05, 3.63) is 24.4 Å². The molecule has 2 N–H and O–H groups in total. The maximum absolute atomic E-state index is 5.63. The van der Waals surface area contributed by atoms with E-state index < -0.39 is 0 Å². The van der Waals surface area contributed by atoms with Gasteiger partial charge in [0.05, 0.1) is 0 Å². The molecule has 9 heavy (non-hydrogen) atoms. The first-order chi connectivity index (χ1) is 4.22. The summed E-state index contributed by atoms with van der Waals surface area (Å²) in [6.45, 7) is 7.79. The molecule has 1 heteroatoms. The van der Waals surface area contributed by atoms with Crippen molar-refractivity contribution in [1.82, 2.24) is 0 Å². The van der Waals surface area contributed by atoms with Gasteiger partial charge >= 0.3 is 0 Å². The van der Waals surface area contributed by atoms with Crippen LogP contribution in [0.3, 0.4) is 0 Å². The van der Waals surface area contributed by atoms with Crippen LogP contribution < -0.4 is 5.73 Å². The third-order valence-corrected chi connectivity index (χ3v) is 1.49. The molecule has 0 aliphatic carbocycles. The fourth-order valence-electron chi connectivity index (χ4n) is 0.536. The molecule has 0 rings (SSSR count). The Labute approximate surface area is 57.3 Å². The Bertz CT molecular complexity index is 114. The Hall–Kier alpha value is -0.720. The van der Waals surface area contributed by atoms with E-state index in [2.05, 4.69) is 20.4 Å². The quantitative estimate of drug-likeness (QED) is 0.574. The van der Waals surface area contributed by atoms with Gasteiger partial charge in [-0.15, -0.1) is 0 Å². The SMILES string of the molecule is C=C/C=C(/N)C(C)CC. The molecule has 0 aromatic carbocycles. The van der Waals surface area contributed by atoms with Gasteiger partial charge in [-0.25, -0.2) is 0 Å². The van der Waals surface area contributed by atoms with Crippen LogP contribution in [0, 0.1) is 5.92 Å². The monoisotopic (exact) mass is 125 g/mol. The van der Waals surface area contributed by atoms with Crippen LogP contribution in [0.25, 0.3) is 0 Å². The van der Waals surface area contributed by atoms with Gasteiger partial charge in [-0.3, -0.25) is 0 Å². The molecular formula is C8H15N. The first kappa shape index (κ1) is 8.28. The fourth-order valence-corrected chi connectivity index (χ4v) is 0.536. The number of hydrogen-bond donors (Lipinski definition) is 1. The predicted octanol–water partition coefficient (Wildman–Crippen LogP) is 2.06. The van der Waals surface area contributed by atoms with Crippen molar-refractivity contribution in [2.24, 2.45) is 11.7 Å². The minimum atomic E-state index is 0.489. The Morgan fingerprint density at radius 1 is 1.78 bits per heavy atom. The van der Waals surface area contributed by atoms with Crippen LogP contribution in [0.15, 0.2) is 24.4 Å². The van der Waals surface area contributed by atoms with Crippen molar-refractivity contribution in [2.75, 3.05) is 0 Å². The maximum Gasteiger partial charge on any atom is 0.0109 e. The van der Waals surface area contributed by atoms with Gasteiger partial charge in [0.1, 0.15) is 0 Å². The fraction of sp³-hybridized carbons (Fsp3) is 0.500. The third kappa shape index (κ3) is 2.96. The first-order valence-electron chi connectivity index (χ1n) is 3.30. The molecule has 0 aliphatic rings. The van der Waals surface area contributed by atoms with Crippen LogP contribution in [-0.4, -0.2) is 0 Å². The standard InChI is InChI=1S/C8H15N/c1-4-6-8(9)7(3)5-2/h4,6-7H,1,5,9H2,2-3H3/b8-6+. The van der Waals surface area contributed by atoms with Crippen LogP contribution in [0.4, 0.5) is 0 Å². The van der Waals surface area contributed by atoms with Crippen LogP contribution in [-0.2, 0) is 0 Å². The average molecular weight is 125 g/mol. The van der Waals surface area contributed by atoms with Crippen molar-refractivity contribution in [1.29, 1.82) is 0 Å². The van der Waals surface area contributed by atoms with E-state index >= 15 is 0 Å². The van der Waals surface area contributed by atoms with E-state index in [0.717, 1.165) is 12.1 Å². The molecule has 1 atom stereocenters. The van der Waals surface area contributed by atoms with Gasteiger partial charge in [0.25, 0.3) is 0 Å². The van der Waals surface area contributed by atoms with Crippen molar-refractivity contribution in [2.45, 2.75) is 20.3 Å². The van der Waals surface area contributed by atoms with Crippen LogP contribution in [0.1, 0.15) is 20.3 Å². The molecule has 0 saturated heterocycles. The highest BCUT2D eigenvalue weighted by atomic mass is 14.6. The summed E-state index contributed by atoms with van der Waals surface area (Å²) in [6, 6.07) is 0. The lowest BCUT2D eigenvalue weighted by atomic mass is 10.1. The van der Waals surface area contributed by atoms with E-state index in [1.165, 1.54) is 0 Å². The number of nitrogens with two attached hydrogens (primary N) is 1. The predicted molar refractivity (Wildman–Crippen MR) is 41.9 cm³/mol. The number of hydrogen-bond acceptors (Lipinski definition) is 1. The maximum atomic E-state index is 5.63. The number of rotatable bonds is 3. The van der Waals surface area contributed by atoms with Gasteiger partial charge in [-0.2, -0.15) is 0 Å². The zero-order chi connectivity index (χ0) is 7.28. The van der Waals surface area contributed by atoms with E-state index in [0.29, 0.717) is 5.92 Å². The lowest BCUT2D eigenvalue weighted by Gasteiger charge is -2.06. The van der Waals surface area contributed by atoms with E-state index in [1.807, 2.05) is 6.08 Å². The summed E-state index contributed by atoms with van der Waals surface area (Å²) in [5.74, 6) is 0.489. The largest absolute Gasteiger partial charge is 0.402 e. The van der Waals surface area contributed by atoms with Crippen LogP contribution in [0.5, 0.6) is 0 Å². The smallest absolute Gasteiger partial charge is 0.0109 e. The second kappa shape index (κ2) is 4.19. The van der Waals surface area contributed by atoms with Crippen molar-refractivity contribution < 1.29 is 0 Å². The Morgan fingerprint density at radius 3 is 2.67 bits per heavy atom. The molecule has 52 valence electrons. The summed E-state index contributed by atoms with van der Waals surface area (Å²) < 4.78 is 0. The minimum Gasteiger partial charge on any atom is -0.402 e. The summed E-state index contributed by atoms with van der Waals surface area (Å²) in [5.41, 5.74) is 6.55. The molecule has 0 saturated carbocycles. The molecular weight excluding hydrogens is 110 g/mol. The summed E-state index contributed by atoms with van der Waals surface area (Å²) in [4.78, 5) is 0. The van der Waals surface area contributed by atoms with Gasteiger partial charge in [-0.05, 0) is 18.4 Å². The topological polar surface area (TPSA) is 26.0 Å². The number of allylic oxidation sites excluding steroid dienone is 3. The second-order valence-electron chi connectivity index (χ2n) is 2.21. The molecule has 1 unspecified atom stereocenters. The van der Waals surface area contributed by atoms with Crippen molar-refractivity contribution >= 4 is 0 Å². The van der Waals surface area contributed by atoms with Gasteiger partial charge < -0.3 is 5.73 Å². The summed E-state index contributed by atoms with van der Waals surface area (Å²) in [6.07, 6.45) is 4.67. The van der Waals surface area contributed by atoms with Gasteiger partial charge in [0.2, 0.25) is 0 Å². The summed E-state index contributed by atoms with van der Waals surface area (Å²) in [7, 11) is 0. The van der Waals surface area contributed by atoms with Gasteiger partial charge in [0, 0.05) is 5.70 Å². The zero-order valence-electron chi connectivity index (χ0n) is 6.22. The lowest BCUT2D eigenvalue weighted by Crippen LogP contribution is -2.06. The molecule has 0 fully saturated rings. The first-order valence-corrected chi connectivity index (χ1v) is 3.30. The molecule has 0 heterocycles. The molecule has 0 aromatic heterocycles. The van der Waals surface area contributed by atoms with E-state index in [-0.39, 0.29) is 0 Å². The van der Waals surface area contributed by atoms with Gasteiger partial charge in [0.15, 0.2) is 0 Å². The lowest BCUT2D eigenvalue weighted by molar-refractivity contribution is 0.648. The normalized spacial score (nSPS) is 15.1. The second-order valence-corrected chi connectivity index (χ2v) is 2.21. The van der Waals surface area contributed by atoms with Crippen LogP contribution in [0.2, 0.25) is 0 Å². The molecule has 0 amide bonds. The highest BCUT2D eigenvalue weighted by molar-refractivity contribution is 5.08. The minimum absolute atomic E-state index is 0.489. The zero-order valence-corrected chi connectivity index (χ0v) is 6.22. The highest BCUT2D eigenvalue weighted by Crippen LogP contribution is 2.07. The molecule has 0 spiro atoms. The van der Waals surface area contributed by atoms with Crippen LogP contribution >= 0.6 is 0 Å². The summed E-state index contributed by atoms with van der Waals surface area (Å²) in [5, 5.41) is 0. The Morgan fingerprint density at radius 2 is 2.33 bits per heavy atom. The molecule has 0 aliphatic heterocycles. The van der Waals surface area contributed by atoms with E-state index in [1.54, 1.807) is 6.08 Å². The molecule has 0 aromatic rings. The average Bonchev–Trinajstić information content (AvgIpc) is 1.87. The van der Waals surface area contributed by atoms with E-state index in [9.17, 15) is 0 Å². The van der Waals surface area contributed by atoms with Gasteiger partial charge in [-0.1, -0.05) is 26.5 Å². The molecule has 0 radical (unpaired) electrons. The van der Waals surface area contributed by atoms with Crippen molar-refractivity contribution in [3.63, 3.8) is 0 Å². The van der Waals surface area contributed by atoms with E-state index in [4.69, 9.17) is 5.73 Å². The Balaban J connectivity index is 3.84. The highest BCUT2D eigenvalue weighted by Gasteiger charge is 1.98. The third-order valence-electron chi connectivity index (χ3n) is 1.49.